The normalized spacial score (nSPS) is 12.7. The van der Waals surface area contributed by atoms with Gasteiger partial charge in [0.1, 0.15) is 0 Å². The molecule has 1 N–H and O–H groups in total. The lowest BCUT2D eigenvalue weighted by Gasteiger charge is -2.08. The summed E-state index contributed by atoms with van der Waals surface area (Å²) in [5.41, 5.74) is 6.98. The molecule has 6 nitrogen and oxygen atoms in total. The van der Waals surface area contributed by atoms with Crippen LogP contribution in [0.3, 0.4) is 0 Å². The van der Waals surface area contributed by atoms with E-state index in [9.17, 15) is 9.59 Å². The third kappa shape index (κ3) is 5.61. The molecule has 1 aliphatic heterocycles. The molecule has 0 bridgehead atoms. The number of nitrogens with zero attached hydrogens (tertiary/aromatic N) is 2. The number of rotatable bonds is 5. The van der Waals surface area contributed by atoms with E-state index in [1.54, 1.807) is 24.3 Å². The van der Waals surface area contributed by atoms with E-state index < -0.39 is 5.97 Å². The SMILES string of the molecule is COC(=O)c1ccc(NC(=O)CSC2=Nc3cc(C)c(C)cc3N=C(c3ccccc3)C2)cc1. The number of methoxy groups -OCH3 is 1. The first kappa shape index (κ1) is 23.4. The highest BCUT2D eigenvalue weighted by molar-refractivity contribution is 8.14. The molecule has 4 rings (SSSR count). The minimum absolute atomic E-state index is 0.152. The summed E-state index contributed by atoms with van der Waals surface area (Å²) < 4.78 is 4.70. The number of hydrogen-bond acceptors (Lipinski definition) is 6. The van der Waals surface area contributed by atoms with Gasteiger partial charge in [0, 0.05) is 12.1 Å². The zero-order valence-electron chi connectivity index (χ0n) is 19.3. The van der Waals surface area contributed by atoms with E-state index in [0.29, 0.717) is 17.7 Å². The first-order chi connectivity index (χ1) is 16.4. The van der Waals surface area contributed by atoms with E-state index in [1.165, 1.54) is 24.4 Å². The lowest BCUT2D eigenvalue weighted by Crippen LogP contribution is -2.16. The summed E-state index contributed by atoms with van der Waals surface area (Å²) in [5, 5.41) is 3.70. The quantitative estimate of drug-likeness (QED) is 0.462. The molecular formula is C27H25N3O3S. The summed E-state index contributed by atoms with van der Waals surface area (Å²) in [7, 11) is 1.33. The number of carbonyl (C=O) groups excluding carboxylic acids is 2. The minimum atomic E-state index is -0.415. The maximum atomic E-state index is 12.6. The van der Waals surface area contributed by atoms with Crippen LogP contribution in [0.5, 0.6) is 0 Å². The largest absolute Gasteiger partial charge is 0.465 e. The molecule has 0 saturated heterocycles. The average Bonchev–Trinajstić information content (AvgIpc) is 3.02. The summed E-state index contributed by atoms with van der Waals surface area (Å²) in [5.74, 6) is -0.359. The van der Waals surface area contributed by atoms with Gasteiger partial charge in [0.25, 0.3) is 0 Å². The third-order valence-electron chi connectivity index (χ3n) is 5.48. The van der Waals surface area contributed by atoms with Gasteiger partial charge in [0.05, 0.1) is 40.6 Å². The van der Waals surface area contributed by atoms with Crippen LogP contribution in [-0.2, 0) is 9.53 Å². The highest BCUT2D eigenvalue weighted by Gasteiger charge is 2.17. The number of aryl methyl sites for hydroxylation is 2. The second-order valence-corrected chi connectivity index (χ2v) is 8.99. The van der Waals surface area contributed by atoms with Crippen LogP contribution >= 0.6 is 11.8 Å². The Kier molecular flexibility index (Phi) is 7.23. The molecule has 0 aromatic heterocycles. The molecule has 0 radical (unpaired) electrons. The second kappa shape index (κ2) is 10.5. The molecule has 3 aromatic rings. The average molecular weight is 472 g/mol. The van der Waals surface area contributed by atoms with Crippen molar-refractivity contribution < 1.29 is 14.3 Å². The zero-order chi connectivity index (χ0) is 24.1. The Morgan fingerprint density at radius 1 is 0.941 bits per heavy atom. The lowest BCUT2D eigenvalue weighted by molar-refractivity contribution is -0.113. The van der Waals surface area contributed by atoms with Crippen molar-refractivity contribution in [2.45, 2.75) is 20.3 Å². The van der Waals surface area contributed by atoms with E-state index in [-0.39, 0.29) is 11.7 Å². The van der Waals surface area contributed by atoms with Gasteiger partial charge in [0.2, 0.25) is 5.91 Å². The summed E-state index contributed by atoms with van der Waals surface area (Å²) in [6.45, 7) is 4.13. The van der Waals surface area contributed by atoms with Crippen molar-refractivity contribution >= 4 is 51.5 Å². The van der Waals surface area contributed by atoms with Gasteiger partial charge in [-0.1, -0.05) is 30.3 Å². The Bertz CT molecular complexity index is 1280. The van der Waals surface area contributed by atoms with Crippen molar-refractivity contribution in [1.29, 1.82) is 0 Å². The Hall–Kier alpha value is -3.71. The first-order valence-corrected chi connectivity index (χ1v) is 11.8. The summed E-state index contributed by atoms with van der Waals surface area (Å²) in [6, 6.07) is 20.8. The molecule has 0 spiro atoms. The summed E-state index contributed by atoms with van der Waals surface area (Å²) >= 11 is 1.40. The van der Waals surface area contributed by atoms with Gasteiger partial charge in [-0.15, -0.1) is 11.8 Å². The number of hydrogen-bond donors (Lipinski definition) is 1. The van der Waals surface area contributed by atoms with Crippen LogP contribution in [0.15, 0.2) is 76.7 Å². The van der Waals surface area contributed by atoms with Crippen molar-refractivity contribution in [3.63, 3.8) is 0 Å². The molecule has 1 amide bonds. The number of thioether (sulfide) groups is 1. The second-order valence-electron chi connectivity index (χ2n) is 7.94. The van der Waals surface area contributed by atoms with Crippen molar-refractivity contribution in [1.82, 2.24) is 0 Å². The molecule has 7 heteroatoms. The fraction of sp³-hybridized carbons (Fsp3) is 0.185. The molecule has 1 aliphatic rings. The minimum Gasteiger partial charge on any atom is -0.465 e. The van der Waals surface area contributed by atoms with Crippen molar-refractivity contribution in [3.05, 3.63) is 89.0 Å². The molecule has 3 aromatic carbocycles. The van der Waals surface area contributed by atoms with E-state index in [2.05, 4.69) is 25.2 Å². The molecular weight excluding hydrogens is 446 g/mol. The summed E-state index contributed by atoms with van der Waals surface area (Å²) in [6.07, 6.45) is 0.544. The number of fused-ring (bicyclic) bond motifs is 1. The number of anilines is 1. The number of esters is 1. The van der Waals surface area contributed by atoms with Gasteiger partial charge in [-0.05, 0) is 66.9 Å². The van der Waals surface area contributed by atoms with E-state index in [4.69, 9.17) is 14.7 Å². The van der Waals surface area contributed by atoms with Crippen LogP contribution in [0.25, 0.3) is 0 Å². The van der Waals surface area contributed by atoms with Crippen LogP contribution in [-0.4, -0.2) is 35.5 Å². The van der Waals surface area contributed by atoms with Gasteiger partial charge in [-0.3, -0.25) is 9.79 Å². The predicted octanol–water partition coefficient (Wildman–Crippen LogP) is 6.02. The van der Waals surface area contributed by atoms with Crippen molar-refractivity contribution in [2.24, 2.45) is 9.98 Å². The fourth-order valence-electron chi connectivity index (χ4n) is 3.50. The van der Waals surface area contributed by atoms with E-state index in [0.717, 1.165) is 33.3 Å². The van der Waals surface area contributed by atoms with Gasteiger partial charge < -0.3 is 10.1 Å². The molecule has 0 saturated carbocycles. The number of amides is 1. The molecule has 0 fully saturated rings. The predicted molar refractivity (Wildman–Crippen MR) is 139 cm³/mol. The van der Waals surface area contributed by atoms with Crippen LogP contribution < -0.4 is 5.32 Å². The highest BCUT2D eigenvalue weighted by atomic mass is 32.2. The molecule has 34 heavy (non-hydrogen) atoms. The Labute approximate surface area is 203 Å². The highest BCUT2D eigenvalue weighted by Crippen LogP contribution is 2.36. The number of carbonyl (C=O) groups is 2. The van der Waals surface area contributed by atoms with Gasteiger partial charge in [-0.25, -0.2) is 9.79 Å². The Balaban J connectivity index is 1.51. The molecule has 0 unspecified atom stereocenters. The standard InChI is InChI=1S/C27H25N3O3S/c1-17-13-23-24(14-18(17)2)30-26(15-22(29-23)19-7-5-4-6-8-19)34-16-25(31)28-21-11-9-20(10-12-21)27(32)33-3/h4-14H,15-16H2,1-3H3,(H,28,31). The van der Waals surface area contributed by atoms with Crippen LogP contribution in [0.4, 0.5) is 17.1 Å². The fourth-order valence-corrected chi connectivity index (χ4v) is 4.27. The number of nitrogens with one attached hydrogen (secondary N) is 1. The van der Waals surface area contributed by atoms with E-state index in [1.807, 2.05) is 36.4 Å². The van der Waals surface area contributed by atoms with Crippen LogP contribution in [0.1, 0.15) is 33.5 Å². The Morgan fingerprint density at radius 2 is 1.59 bits per heavy atom. The monoisotopic (exact) mass is 471 g/mol. The molecule has 0 atom stereocenters. The molecule has 1 heterocycles. The van der Waals surface area contributed by atoms with E-state index >= 15 is 0 Å². The smallest absolute Gasteiger partial charge is 0.337 e. The maximum Gasteiger partial charge on any atom is 0.337 e. The number of benzene rings is 3. The van der Waals surface area contributed by atoms with Crippen LogP contribution in [0.2, 0.25) is 0 Å². The summed E-state index contributed by atoms with van der Waals surface area (Å²) in [4.78, 5) is 34.0. The topological polar surface area (TPSA) is 80.1 Å². The zero-order valence-corrected chi connectivity index (χ0v) is 20.1. The van der Waals surface area contributed by atoms with Crippen LogP contribution in [0, 0.1) is 13.8 Å². The third-order valence-corrected chi connectivity index (χ3v) is 6.45. The van der Waals surface area contributed by atoms with Gasteiger partial charge in [0.15, 0.2) is 0 Å². The first-order valence-electron chi connectivity index (χ1n) is 10.9. The van der Waals surface area contributed by atoms with Crippen molar-refractivity contribution in [3.8, 4) is 0 Å². The van der Waals surface area contributed by atoms with Gasteiger partial charge >= 0.3 is 5.97 Å². The lowest BCUT2D eigenvalue weighted by atomic mass is 10.1. The van der Waals surface area contributed by atoms with Crippen molar-refractivity contribution in [2.75, 3.05) is 18.2 Å². The number of aliphatic imine (C=N–C) groups is 2. The Morgan fingerprint density at radius 3 is 2.24 bits per heavy atom. The number of ether oxygens (including phenoxy) is 1. The molecule has 0 aliphatic carbocycles. The maximum absolute atomic E-state index is 12.6. The van der Waals surface area contributed by atoms with Gasteiger partial charge in [-0.2, -0.15) is 0 Å². The molecule has 172 valence electrons.